The highest BCUT2D eigenvalue weighted by Gasteiger charge is 2.11. The molecule has 1 aromatic carbocycles. The van der Waals surface area contributed by atoms with Gasteiger partial charge in [0.1, 0.15) is 5.82 Å². The first kappa shape index (κ1) is 13.8. The molecule has 0 spiro atoms. The molecule has 0 saturated heterocycles. The first-order valence-corrected chi connectivity index (χ1v) is 7.05. The number of rotatable bonds is 6. The molecule has 90 valence electrons. The highest BCUT2D eigenvalue weighted by atomic mass is 35.5. The Morgan fingerprint density at radius 2 is 2.25 bits per heavy atom. The molecule has 4 heteroatoms. The lowest BCUT2D eigenvalue weighted by molar-refractivity contribution is 0.544. The molecule has 0 radical (unpaired) electrons. The summed E-state index contributed by atoms with van der Waals surface area (Å²) in [6.07, 6.45) is 3.92. The van der Waals surface area contributed by atoms with E-state index in [1.807, 2.05) is 24.9 Å². The molecule has 0 aliphatic heterocycles. The van der Waals surface area contributed by atoms with Gasteiger partial charge in [-0.25, -0.2) is 4.39 Å². The predicted molar refractivity (Wildman–Crippen MR) is 71.0 cm³/mol. The average molecular weight is 262 g/mol. The van der Waals surface area contributed by atoms with Gasteiger partial charge in [-0.05, 0) is 43.5 Å². The summed E-state index contributed by atoms with van der Waals surface area (Å²) in [7, 11) is 1.93. The van der Waals surface area contributed by atoms with Gasteiger partial charge in [0, 0.05) is 6.04 Å². The van der Waals surface area contributed by atoms with Gasteiger partial charge in [-0.15, -0.1) is 0 Å². The Morgan fingerprint density at radius 1 is 1.50 bits per heavy atom. The highest BCUT2D eigenvalue weighted by Crippen LogP contribution is 2.21. The maximum atomic E-state index is 13.2. The zero-order valence-corrected chi connectivity index (χ0v) is 11.2. The molecule has 0 aliphatic carbocycles. The fourth-order valence-corrected chi connectivity index (χ4v) is 2.30. The molecule has 0 saturated carbocycles. The zero-order valence-electron chi connectivity index (χ0n) is 9.59. The predicted octanol–water partition coefficient (Wildman–Crippen LogP) is 3.36. The molecule has 1 nitrogen and oxygen atoms in total. The molecule has 0 amide bonds. The molecular weight excluding hydrogens is 245 g/mol. The van der Waals surface area contributed by atoms with E-state index in [1.54, 1.807) is 6.07 Å². The molecule has 0 aromatic heterocycles. The van der Waals surface area contributed by atoms with Crippen LogP contribution in [0.5, 0.6) is 0 Å². The van der Waals surface area contributed by atoms with Gasteiger partial charge in [0.15, 0.2) is 0 Å². The van der Waals surface area contributed by atoms with Crippen molar-refractivity contribution in [2.24, 2.45) is 0 Å². The molecule has 0 fully saturated rings. The van der Waals surface area contributed by atoms with E-state index >= 15 is 0 Å². The third-order valence-corrected chi connectivity index (χ3v) is 3.64. The Labute approximate surface area is 106 Å². The Morgan fingerprint density at radius 3 is 2.88 bits per heavy atom. The Hall–Kier alpha value is -0.250. The van der Waals surface area contributed by atoms with Crippen LogP contribution in [0.1, 0.15) is 12.0 Å². The average Bonchev–Trinajstić information content (AvgIpc) is 2.30. The summed E-state index contributed by atoms with van der Waals surface area (Å²) in [5.74, 6) is 0.761. The number of benzene rings is 1. The van der Waals surface area contributed by atoms with Crippen LogP contribution in [0, 0.1) is 5.82 Å². The van der Waals surface area contributed by atoms with Crippen molar-refractivity contribution >= 4 is 23.4 Å². The second kappa shape index (κ2) is 7.15. The van der Waals surface area contributed by atoms with Crippen LogP contribution in [0.4, 0.5) is 4.39 Å². The molecule has 1 rings (SSSR count). The second-order valence-corrected chi connectivity index (χ2v) is 5.05. The molecule has 1 atom stereocenters. The zero-order chi connectivity index (χ0) is 12.0. The largest absolute Gasteiger partial charge is 0.317 e. The van der Waals surface area contributed by atoms with Gasteiger partial charge in [-0.2, -0.15) is 11.8 Å². The van der Waals surface area contributed by atoms with E-state index in [4.69, 9.17) is 11.6 Å². The topological polar surface area (TPSA) is 12.0 Å². The normalized spacial score (nSPS) is 12.8. The standard InChI is InChI=1S/C12H17ClFNS/c1-15-10(6-7-16-2)8-9-4-3-5-11(14)12(9)13/h3-5,10,15H,6-8H2,1-2H3. The first-order valence-electron chi connectivity index (χ1n) is 5.28. The SMILES string of the molecule is CNC(CCSC)Cc1cccc(F)c1Cl. The molecule has 0 heterocycles. The molecule has 16 heavy (non-hydrogen) atoms. The van der Waals surface area contributed by atoms with Gasteiger partial charge in [0.05, 0.1) is 5.02 Å². The van der Waals surface area contributed by atoms with Crippen LogP contribution in [0.15, 0.2) is 18.2 Å². The van der Waals surface area contributed by atoms with Crippen molar-refractivity contribution in [1.82, 2.24) is 5.32 Å². The third kappa shape index (κ3) is 3.96. The molecular formula is C12H17ClFNS. The quantitative estimate of drug-likeness (QED) is 0.843. The minimum atomic E-state index is -0.334. The minimum Gasteiger partial charge on any atom is -0.317 e. The van der Waals surface area contributed by atoms with Crippen molar-refractivity contribution in [3.8, 4) is 0 Å². The van der Waals surface area contributed by atoms with E-state index in [2.05, 4.69) is 11.6 Å². The molecule has 0 bridgehead atoms. The summed E-state index contributed by atoms with van der Waals surface area (Å²) >= 11 is 7.74. The third-order valence-electron chi connectivity index (χ3n) is 2.58. The van der Waals surface area contributed by atoms with Crippen LogP contribution in [0.25, 0.3) is 0 Å². The summed E-state index contributed by atoms with van der Waals surface area (Å²) in [6.45, 7) is 0. The second-order valence-electron chi connectivity index (χ2n) is 3.68. The highest BCUT2D eigenvalue weighted by molar-refractivity contribution is 7.98. The summed E-state index contributed by atoms with van der Waals surface area (Å²) in [5, 5.41) is 3.49. The molecule has 1 N–H and O–H groups in total. The maximum Gasteiger partial charge on any atom is 0.142 e. The Balaban J connectivity index is 2.66. The van der Waals surface area contributed by atoms with Gasteiger partial charge in [-0.3, -0.25) is 0 Å². The molecule has 0 aliphatic rings. The van der Waals surface area contributed by atoms with Gasteiger partial charge in [0.2, 0.25) is 0 Å². The number of hydrogen-bond donors (Lipinski definition) is 1. The van der Waals surface area contributed by atoms with E-state index in [-0.39, 0.29) is 10.8 Å². The fraction of sp³-hybridized carbons (Fsp3) is 0.500. The summed E-state index contributed by atoms with van der Waals surface area (Å²) in [5.41, 5.74) is 0.877. The number of hydrogen-bond acceptors (Lipinski definition) is 2. The smallest absolute Gasteiger partial charge is 0.142 e. The van der Waals surface area contributed by atoms with E-state index < -0.39 is 0 Å². The minimum absolute atomic E-state index is 0.256. The van der Waals surface area contributed by atoms with Crippen molar-refractivity contribution in [3.05, 3.63) is 34.6 Å². The number of halogens is 2. The number of likely N-dealkylation sites (N-methyl/N-ethyl adjacent to an activating group) is 1. The van der Waals surface area contributed by atoms with Crippen LogP contribution < -0.4 is 5.32 Å². The Bertz CT molecular complexity index is 333. The lowest BCUT2D eigenvalue weighted by Crippen LogP contribution is -2.28. The molecule has 1 aromatic rings. The van der Waals surface area contributed by atoms with Gasteiger partial charge in [0.25, 0.3) is 0 Å². The lowest BCUT2D eigenvalue weighted by atomic mass is 10.0. The maximum absolute atomic E-state index is 13.2. The number of thioether (sulfide) groups is 1. The van der Waals surface area contributed by atoms with Crippen LogP contribution in [0.2, 0.25) is 5.02 Å². The van der Waals surface area contributed by atoms with Gasteiger partial charge in [-0.1, -0.05) is 23.7 Å². The first-order chi connectivity index (χ1) is 7.69. The van der Waals surface area contributed by atoms with E-state index in [0.29, 0.717) is 6.04 Å². The van der Waals surface area contributed by atoms with Crippen molar-refractivity contribution in [1.29, 1.82) is 0 Å². The van der Waals surface area contributed by atoms with E-state index in [9.17, 15) is 4.39 Å². The van der Waals surface area contributed by atoms with Gasteiger partial charge >= 0.3 is 0 Å². The molecule has 1 unspecified atom stereocenters. The fourth-order valence-electron chi connectivity index (χ4n) is 1.58. The summed E-state index contributed by atoms with van der Waals surface area (Å²) in [6, 6.07) is 5.33. The van der Waals surface area contributed by atoms with E-state index in [1.165, 1.54) is 6.07 Å². The van der Waals surface area contributed by atoms with Crippen LogP contribution in [-0.2, 0) is 6.42 Å². The van der Waals surface area contributed by atoms with Crippen LogP contribution in [-0.4, -0.2) is 25.1 Å². The van der Waals surface area contributed by atoms with Crippen molar-refractivity contribution < 1.29 is 4.39 Å². The van der Waals surface area contributed by atoms with Gasteiger partial charge < -0.3 is 5.32 Å². The van der Waals surface area contributed by atoms with Crippen molar-refractivity contribution in [2.75, 3.05) is 19.1 Å². The van der Waals surface area contributed by atoms with Crippen molar-refractivity contribution in [3.63, 3.8) is 0 Å². The number of nitrogens with one attached hydrogen (secondary N) is 1. The lowest BCUT2D eigenvalue weighted by Gasteiger charge is -2.16. The van der Waals surface area contributed by atoms with E-state index in [0.717, 1.165) is 24.2 Å². The monoisotopic (exact) mass is 261 g/mol. The summed E-state index contributed by atoms with van der Waals surface area (Å²) < 4.78 is 13.2. The Kier molecular flexibility index (Phi) is 6.17. The van der Waals surface area contributed by atoms with Crippen LogP contribution in [0.3, 0.4) is 0 Å². The summed E-state index contributed by atoms with van der Waals surface area (Å²) in [4.78, 5) is 0. The van der Waals surface area contributed by atoms with Crippen LogP contribution >= 0.6 is 23.4 Å². The van der Waals surface area contributed by atoms with Crippen molar-refractivity contribution in [2.45, 2.75) is 18.9 Å².